The Morgan fingerprint density at radius 1 is 0.952 bits per heavy atom. The molecule has 4 nitrogen and oxygen atoms in total. The van der Waals surface area contributed by atoms with Gasteiger partial charge in [0, 0.05) is 9.13 Å². The zero-order valence-electron chi connectivity index (χ0n) is 11.3. The number of carbonyl (C=O) groups excluding carboxylic acids is 2. The lowest BCUT2D eigenvalue weighted by molar-refractivity contribution is 0.0474. The standard InChI is InChI=1S/C16H13IO4/c1-20-14-8-4-11(5-9-14)15(18)10-21-16(19)12-2-6-13(17)7-3-12/h2-9H,10H2,1H3. The van der Waals surface area contributed by atoms with Gasteiger partial charge in [-0.05, 0) is 71.1 Å². The van der Waals surface area contributed by atoms with Crippen molar-refractivity contribution in [1.82, 2.24) is 0 Å². The maximum absolute atomic E-state index is 11.9. The highest BCUT2D eigenvalue weighted by molar-refractivity contribution is 14.1. The average Bonchev–Trinajstić information content (AvgIpc) is 2.53. The summed E-state index contributed by atoms with van der Waals surface area (Å²) in [5.74, 6) is -0.0905. The molecule has 0 aromatic heterocycles. The second-order valence-electron chi connectivity index (χ2n) is 4.23. The zero-order chi connectivity index (χ0) is 15.2. The summed E-state index contributed by atoms with van der Waals surface area (Å²) in [6.45, 7) is -0.281. The van der Waals surface area contributed by atoms with E-state index in [0.29, 0.717) is 16.9 Å². The van der Waals surface area contributed by atoms with Crippen molar-refractivity contribution in [3.8, 4) is 5.75 Å². The number of benzene rings is 2. The normalized spacial score (nSPS) is 10.0. The van der Waals surface area contributed by atoms with Gasteiger partial charge in [0.1, 0.15) is 5.75 Å². The molecule has 0 aliphatic heterocycles. The minimum atomic E-state index is -0.506. The number of ketones is 1. The Morgan fingerprint density at radius 3 is 2.10 bits per heavy atom. The fourth-order valence-electron chi connectivity index (χ4n) is 1.66. The number of Topliss-reactive ketones (excluding diaryl/α,β-unsaturated/α-hetero) is 1. The van der Waals surface area contributed by atoms with Crippen LogP contribution in [0.2, 0.25) is 0 Å². The molecule has 0 aliphatic rings. The zero-order valence-corrected chi connectivity index (χ0v) is 13.5. The molecule has 2 aromatic rings. The van der Waals surface area contributed by atoms with Gasteiger partial charge >= 0.3 is 5.97 Å². The van der Waals surface area contributed by atoms with Crippen molar-refractivity contribution in [3.63, 3.8) is 0 Å². The van der Waals surface area contributed by atoms with E-state index in [9.17, 15) is 9.59 Å². The van der Waals surface area contributed by atoms with Crippen molar-refractivity contribution in [2.75, 3.05) is 13.7 Å². The molecule has 5 heteroatoms. The molecule has 0 saturated heterocycles. The number of esters is 1. The van der Waals surface area contributed by atoms with E-state index in [2.05, 4.69) is 22.6 Å². The molecule has 0 radical (unpaired) electrons. The second kappa shape index (κ2) is 7.21. The fraction of sp³-hybridized carbons (Fsp3) is 0.125. The Hall–Kier alpha value is -1.89. The minimum absolute atomic E-state index is 0.253. The van der Waals surface area contributed by atoms with E-state index in [1.165, 1.54) is 0 Å². The maximum Gasteiger partial charge on any atom is 0.338 e. The van der Waals surface area contributed by atoms with Gasteiger partial charge in [-0.2, -0.15) is 0 Å². The summed E-state index contributed by atoms with van der Waals surface area (Å²) in [5.41, 5.74) is 0.907. The summed E-state index contributed by atoms with van der Waals surface area (Å²) in [7, 11) is 1.56. The van der Waals surface area contributed by atoms with E-state index in [1.807, 2.05) is 12.1 Å². The highest BCUT2D eigenvalue weighted by atomic mass is 127. The summed E-state index contributed by atoms with van der Waals surface area (Å²) in [6.07, 6.45) is 0. The topological polar surface area (TPSA) is 52.6 Å². The van der Waals surface area contributed by atoms with Crippen molar-refractivity contribution in [2.45, 2.75) is 0 Å². The molecular weight excluding hydrogens is 383 g/mol. The van der Waals surface area contributed by atoms with Crippen LogP contribution in [0.1, 0.15) is 20.7 Å². The Kier molecular flexibility index (Phi) is 5.32. The lowest BCUT2D eigenvalue weighted by Crippen LogP contribution is -2.14. The summed E-state index contributed by atoms with van der Waals surface area (Å²) < 4.78 is 11.1. The van der Waals surface area contributed by atoms with Crippen molar-refractivity contribution in [3.05, 3.63) is 63.2 Å². The summed E-state index contributed by atoms with van der Waals surface area (Å²) in [4.78, 5) is 23.7. The lowest BCUT2D eigenvalue weighted by Gasteiger charge is -2.05. The summed E-state index contributed by atoms with van der Waals surface area (Å²) in [6, 6.07) is 13.6. The smallest absolute Gasteiger partial charge is 0.338 e. The third-order valence-corrected chi connectivity index (χ3v) is 3.55. The molecular formula is C16H13IO4. The number of ether oxygens (including phenoxy) is 2. The van der Waals surface area contributed by atoms with Gasteiger partial charge in [-0.15, -0.1) is 0 Å². The highest BCUT2D eigenvalue weighted by Gasteiger charge is 2.11. The van der Waals surface area contributed by atoms with E-state index in [1.54, 1.807) is 43.5 Å². The van der Waals surface area contributed by atoms with Crippen LogP contribution in [0.25, 0.3) is 0 Å². The molecule has 0 unspecified atom stereocenters. The van der Waals surface area contributed by atoms with Crippen LogP contribution in [-0.2, 0) is 4.74 Å². The average molecular weight is 396 g/mol. The number of carbonyl (C=O) groups is 2. The van der Waals surface area contributed by atoms with E-state index < -0.39 is 5.97 Å². The molecule has 2 aromatic carbocycles. The number of hydrogen-bond donors (Lipinski definition) is 0. The molecule has 0 N–H and O–H groups in total. The minimum Gasteiger partial charge on any atom is -0.497 e. The van der Waals surface area contributed by atoms with Gasteiger partial charge in [-0.1, -0.05) is 0 Å². The van der Waals surface area contributed by atoms with Gasteiger partial charge in [0.2, 0.25) is 0 Å². The molecule has 0 aliphatic carbocycles. The molecule has 108 valence electrons. The first-order valence-corrected chi connectivity index (χ1v) is 7.28. The maximum atomic E-state index is 11.9. The molecule has 0 spiro atoms. The van der Waals surface area contributed by atoms with E-state index >= 15 is 0 Å². The van der Waals surface area contributed by atoms with Crippen LogP contribution in [0.3, 0.4) is 0 Å². The van der Waals surface area contributed by atoms with E-state index in [4.69, 9.17) is 9.47 Å². The number of hydrogen-bond acceptors (Lipinski definition) is 4. The van der Waals surface area contributed by atoms with Crippen LogP contribution in [0.15, 0.2) is 48.5 Å². The molecule has 21 heavy (non-hydrogen) atoms. The van der Waals surface area contributed by atoms with Crippen LogP contribution in [0.5, 0.6) is 5.75 Å². The second-order valence-corrected chi connectivity index (χ2v) is 5.48. The Labute approximate surface area is 136 Å². The van der Waals surface area contributed by atoms with Crippen LogP contribution < -0.4 is 4.74 Å². The first-order valence-electron chi connectivity index (χ1n) is 6.20. The Balaban J connectivity index is 1.93. The monoisotopic (exact) mass is 396 g/mol. The predicted octanol–water partition coefficient (Wildman–Crippen LogP) is 3.34. The van der Waals surface area contributed by atoms with Crippen LogP contribution in [0.4, 0.5) is 0 Å². The molecule has 0 heterocycles. The van der Waals surface area contributed by atoms with Gasteiger partial charge in [-0.3, -0.25) is 4.79 Å². The Morgan fingerprint density at radius 2 is 1.52 bits per heavy atom. The molecule has 0 amide bonds. The van der Waals surface area contributed by atoms with Gasteiger partial charge in [0.05, 0.1) is 12.7 Å². The quantitative estimate of drug-likeness (QED) is 0.442. The van der Waals surface area contributed by atoms with Crippen molar-refractivity contribution >= 4 is 34.3 Å². The van der Waals surface area contributed by atoms with Crippen LogP contribution >= 0.6 is 22.6 Å². The van der Waals surface area contributed by atoms with Gasteiger partial charge in [0.15, 0.2) is 12.4 Å². The van der Waals surface area contributed by atoms with Gasteiger partial charge in [-0.25, -0.2) is 4.79 Å². The molecule has 0 bridgehead atoms. The SMILES string of the molecule is COc1ccc(C(=O)COC(=O)c2ccc(I)cc2)cc1. The van der Waals surface area contributed by atoms with E-state index in [0.717, 1.165) is 3.57 Å². The third kappa shape index (κ3) is 4.29. The number of rotatable bonds is 5. The van der Waals surface area contributed by atoms with Crippen molar-refractivity contribution in [2.24, 2.45) is 0 Å². The molecule has 0 atom stereocenters. The first-order chi connectivity index (χ1) is 10.1. The molecule has 2 rings (SSSR count). The summed E-state index contributed by atoms with van der Waals surface area (Å²) in [5, 5.41) is 0. The van der Waals surface area contributed by atoms with E-state index in [-0.39, 0.29) is 12.4 Å². The van der Waals surface area contributed by atoms with Gasteiger partial charge in [0.25, 0.3) is 0 Å². The fourth-order valence-corrected chi connectivity index (χ4v) is 2.02. The van der Waals surface area contributed by atoms with Crippen LogP contribution in [-0.4, -0.2) is 25.5 Å². The largest absolute Gasteiger partial charge is 0.497 e. The van der Waals surface area contributed by atoms with Crippen molar-refractivity contribution in [1.29, 1.82) is 0 Å². The number of methoxy groups -OCH3 is 1. The Bertz CT molecular complexity index is 632. The predicted molar refractivity (Wildman–Crippen MR) is 86.8 cm³/mol. The lowest BCUT2D eigenvalue weighted by atomic mass is 10.1. The first kappa shape index (κ1) is 15.5. The summed E-state index contributed by atoms with van der Waals surface area (Å²) >= 11 is 2.15. The third-order valence-electron chi connectivity index (χ3n) is 2.83. The van der Waals surface area contributed by atoms with Crippen LogP contribution in [0, 0.1) is 3.57 Å². The van der Waals surface area contributed by atoms with Crippen molar-refractivity contribution < 1.29 is 19.1 Å². The van der Waals surface area contributed by atoms with Gasteiger partial charge < -0.3 is 9.47 Å². The number of halogens is 1. The molecule has 0 fully saturated rings. The molecule has 0 saturated carbocycles. The highest BCUT2D eigenvalue weighted by Crippen LogP contribution is 2.12.